The summed E-state index contributed by atoms with van der Waals surface area (Å²) in [7, 11) is 0. The fraction of sp³-hybridized carbons (Fsp3) is 0.500. The summed E-state index contributed by atoms with van der Waals surface area (Å²) in [4.78, 5) is 0. The highest BCUT2D eigenvalue weighted by molar-refractivity contribution is 9.10. The smallest absolute Gasteiger partial charge is 0.0175 e. The van der Waals surface area contributed by atoms with E-state index in [4.69, 9.17) is 5.73 Å². The molecule has 82 valence electrons. The fourth-order valence-corrected chi connectivity index (χ4v) is 3.40. The molecule has 3 heteroatoms. The number of thioether (sulfide) groups is 1. The molecule has 1 aromatic carbocycles. The molecule has 0 saturated carbocycles. The van der Waals surface area contributed by atoms with E-state index in [0.29, 0.717) is 12.0 Å². The maximum absolute atomic E-state index is 6.22. The summed E-state index contributed by atoms with van der Waals surface area (Å²) in [6, 6.07) is 8.95. The number of benzene rings is 1. The van der Waals surface area contributed by atoms with Gasteiger partial charge in [-0.3, -0.25) is 0 Å². The Morgan fingerprint density at radius 1 is 1.13 bits per heavy atom. The van der Waals surface area contributed by atoms with E-state index in [0.717, 1.165) is 10.9 Å². The molecular formula is C12H16BrNS. The molecule has 0 radical (unpaired) electrons. The average molecular weight is 286 g/mol. The van der Waals surface area contributed by atoms with Crippen LogP contribution in [0.2, 0.25) is 0 Å². The maximum Gasteiger partial charge on any atom is 0.0175 e. The van der Waals surface area contributed by atoms with Gasteiger partial charge in [0.1, 0.15) is 0 Å². The van der Waals surface area contributed by atoms with Crippen molar-refractivity contribution in [3.05, 3.63) is 34.3 Å². The van der Waals surface area contributed by atoms with E-state index in [-0.39, 0.29) is 0 Å². The SMILES string of the molecule is NC1CCSCCC1c1ccc(Br)cc1. The number of nitrogens with two attached hydrogens (primary N) is 1. The first-order chi connectivity index (χ1) is 7.27. The van der Waals surface area contributed by atoms with Gasteiger partial charge in [0.25, 0.3) is 0 Å². The van der Waals surface area contributed by atoms with E-state index >= 15 is 0 Å². The standard InChI is InChI=1S/C12H16BrNS/c13-10-3-1-9(2-4-10)11-5-7-15-8-6-12(11)14/h1-4,11-12H,5-8,14H2. The average Bonchev–Trinajstić information content (AvgIpc) is 2.44. The molecule has 2 N–H and O–H groups in total. The van der Waals surface area contributed by atoms with Crippen LogP contribution in [-0.4, -0.2) is 17.5 Å². The Morgan fingerprint density at radius 3 is 2.53 bits per heavy atom. The van der Waals surface area contributed by atoms with Gasteiger partial charge in [0.2, 0.25) is 0 Å². The van der Waals surface area contributed by atoms with Crippen molar-refractivity contribution in [1.29, 1.82) is 0 Å². The molecule has 1 fully saturated rings. The highest BCUT2D eigenvalue weighted by Gasteiger charge is 2.21. The van der Waals surface area contributed by atoms with Crippen LogP contribution in [0.5, 0.6) is 0 Å². The third kappa shape index (κ3) is 2.99. The number of hydrogen-bond donors (Lipinski definition) is 1. The number of halogens is 1. The van der Waals surface area contributed by atoms with E-state index in [9.17, 15) is 0 Å². The molecule has 1 heterocycles. The van der Waals surface area contributed by atoms with Crippen molar-refractivity contribution in [2.45, 2.75) is 24.8 Å². The lowest BCUT2D eigenvalue weighted by molar-refractivity contribution is 0.518. The van der Waals surface area contributed by atoms with Gasteiger partial charge in [0.05, 0.1) is 0 Å². The molecule has 0 amide bonds. The summed E-state index contributed by atoms with van der Waals surface area (Å²) in [6.45, 7) is 0. The predicted molar refractivity (Wildman–Crippen MR) is 71.4 cm³/mol. The van der Waals surface area contributed by atoms with Crippen molar-refractivity contribution in [2.75, 3.05) is 11.5 Å². The lowest BCUT2D eigenvalue weighted by Crippen LogP contribution is -2.28. The molecule has 0 aliphatic carbocycles. The van der Waals surface area contributed by atoms with Crippen LogP contribution in [0.1, 0.15) is 24.3 Å². The van der Waals surface area contributed by atoms with Crippen molar-refractivity contribution >= 4 is 27.7 Å². The monoisotopic (exact) mass is 285 g/mol. The Hall–Kier alpha value is 0.01000. The quantitative estimate of drug-likeness (QED) is 0.856. The van der Waals surface area contributed by atoms with Crippen LogP contribution in [0.25, 0.3) is 0 Å². The third-order valence-electron chi connectivity index (χ3n) is 2.98. The molecule has 0 spiro atoms. The van der Waals surface area contributed by atoms with Gasteiger partial charge in [-0.1, -0.05) is 28.1 Å². The van der Waals surface area contributed by atoms with Crippen LogP contribution in [0, 0.1) is 0 Å². The third-order valence-corrected chi connectivity index (χ3v) is 4.56. The van der Waals surface area contributed by atoms with Crippen LogP contribution in [0.15, 0.2) is 28.7 Å². The van der Waals surface area contributed by atoms with E-state index in [1.165, 1.54) is 23.5 Å². The van der Waals surface area contributed by atoms with Crippen molar-refractivity contribution in [3.63, 3.8) is 0 Å². The molecule has 1 aliphatic rings. The van der Waals surface area contributed by atoms with Crippen molar-refractivity contribution < 1.29 is 0 Å². The lowest BCUT2D eigenvalue weighted by atomic mass is 9.88. The van der Waals surface area contributed by atoms with Crippen molar-refractivity contribution in [2.24, 2.45) is 5.73 Å². The maximum atomic E-state index is 6.22. The van der Waals surface area contributed by atoms with Gasteiger partial charge in [-0.25, -0.2) is 0 Å². The van der Waals surface area contributed by atoms with Crippen molar-refractivity contribution in [1.82, 2.24) is 0 Å². The lowest BCUT2D eigenvalue weighted by Gasteiger charge is -2.21. The zero-order valence-electron chi connectivity index (χ0n) is 8.66. The summed E-state index contributed by atoms with van der Waals surface area (Å²) in [5.74, 6) is 3.01. The Bertz CT molecular complexity index is 312. The van der Waals surface area contributed by atoms with E-state index in [1.54, 1.807) is 0 Å². The summed E-state index contributed by atoms with van der Waals surface area (Å²) < 4.78 is 1.14. The number of rotatable bonds is 1. The minimum Gasteiger partial charge on any atom is -0.327 e. The molecule has 2 rings (SSSR count). The summed E-state index contributed by atoms with van der Waals surface area (Å²) >= 11 is 5.50. The Labute approximate surface area is 104 Å². The first-order valence-corrected chi connectivity index (χ1v) is 7.31. The molecule has 0 aromatic heterocycles. The first kappa shape index (κ1) is 11.5. The van der Waals surface area contributed by atoms with Crippen LogP contribution in [0.4, 0.5) is 0 Å². The second-order valence-electron chi connectivity index (χ2n) is 4.01. The summed E-state index contributed by atoms with van der Waals surface area (Å²) in [6.07, 6.45) is 2.36. The minimum atomic E-state index is 0.334. The van der Waals surface area contributed by atoms with Gasteiger partial charge in [0, 0.05) is 10.5 Å². The van der Waals surface area contributed by atoms with Gasteiger partial charge in [-0.15, -0.1) is 0 Å². The van der Waals surface area contributed by atoms with Gasteiger partial charge < -0.3 is 5.73 Å². The highest BCUT2D eigenvalue weighted by atomic mass is 79.9. The zero-order valence-corrected chi connectivity index (χ0v) is 11.1. The Morgan fingerprint density at radius 2 is 1.80 bits per heavy atom. The van der Waals surface area contributed by atoms with Crippen LogP contribution >= 0.6 is 27.7 Å². The van der Waals surface area contributed by atoms with Gasteiger partial charge in [-0.2, -0.15) is 11.8 Å². The molecular weight excluding hydrogens is 270 g/mol. The predicted octanol–water partition coefficient (Wildman–Crippen LogP) is 3.39. The number of hydrogen-bond acceptors (Lipinski definition) is 2. The zero-order chi connectivity index (χ0) is 10.7. The molecule has 2 atom stereocenters. The molecule has 1 nitrogen and oxygen atoms in total. The van der Waals surface area contributed by atoms with E-state index in [2.05, 4.69) is 40.2 Å². The van der Waals surface area contributed by atoms with Crippen LogP contribution in [-0.2, 0) is 0 Å². The summed E-state index contributed by atoms with van der Waals surface area (Å²) in [5, 5.41) is 0. The molecule has 1 aromatic rings. The molecule has 0 bridgehead atoms. The Kier molecular flexibility index (Phi) is 4.12. The topological polar surface area (TPSA) is 26.0 Å². The molecule has 1 saturated heterocycles. The van der Waals surface area contributed by atoms with Gasteiger partial charge in [-0.05, 0) is 48.0 Å². The molecule has 15 heavy (non-hydrogen) atoms. The second kappa shape index (κ2) is 5.37. The fourth-order valence-electron chi connectivity index (χ4n) is 2.07. The van der Waals surface area contributed by atoms with E-state index in [1.807, 2.05) is 11.8 Å². The van der Waals surface area contributed by atoms with Gasteiger partial charge in [0.15, 0.2) is 0 Å². The van der Waals surface area contributed by atoms with Crippen LogP contribution in [0.3, 0.4) is 0 Å². The molecule has 1 aliphatic heterocycles. The second-order valence-corrected chi connectivity index (χ2v) is 6.15. The van der Waals surface area contributed by atoms with Crippen molar-refractivity contribution in [3.8, 4) is 0 Å². The van der Waals surface area contributed by atoms with E-state index < -0.39 is 0 Å². The minimum absolute atomic E-state index is 0.334. The highest BCUT2D eigenvalue weighted by Crippen LogP contribution is 2.30. The largest absolute Gasteiger partial charge is 0.327 e. The summed E-state index contributed by atoms with van der Waals surface area (Å²) in [5.41, 5.74) is 7.62. The van der Waals surface area contributed by atoms with Gasteiger partial charge >= 0.3 is 0 Å². The molecule has 2 unspecified atom stereocenters. The first-order valence-electron chi connectivity index (χ1n) is 5.36. The van der Waals surface area contributed by atoms with Crippen LogP contribution < -0.4 is 5.73 Å². The normalized spacial score (nSPS) is 27.3. The Balaban J connectivity index is 2.16.